The van der Waals surface area contributed by atoms with Crippen molar-refractivity contribution < 1.29 is 4.79 Å². The molecular weight excluding hydrogens is 238 g/mol. The summed E-state index contributed by atoms with van der Waals surface area (Å²) in [5.74, 6) is 0.173. The number of carbonyl (C=O) groups excluding carboxylic acids is 1. The van der Waals surface area contributed by atoms with Gasteiger partial charge in [0.1, 0.15) is 0 Å². The van der Waals surface area contributed by atoms with Gasteiger partial charge < -0.3 is 10.6 Å². The third-order valence-electron chi connectivity index (χ3n) is 3.45. The Bertz CT molecular complexity index is 505. The summed E-state index contributed by atoms with van der Waals surface area (Å²) >= 11 is 0. The van der Waals surface area contributed by atoms with Gasteiger partial charge in [-0.05, 0) is 36.6 Å². The van der Waals surface area contributed by atoms with Gasteiger partial charge in [-0.25, -0.2) is 0 Å². The number of fused-ring (bicyclic) bond motifs is 1. The largest absolute Gasteiger partial charge is 0.326 e. The number of benzene rings is 1. The summed E-state index contributed by atoms with van der Waals surface area (Å²) in [5.41, 5.74) is 3.26. The zero-order valence-corrected chi connectivity index (χ0v) is 11.2. The molecule has 1 aromatic rings. The van der Waals surface area contributed by atoms with Gasteiger partial charge in [0.2, 0.25) is 5.91 Å². The first-order valence-corrected chi connectivity index (χ1v) is 6.75. The van der Waals surface area contributed by atoms with E-state index in [2.05, 4.69) is 22.8 Å². The highest BCUT2D eigenvalue weighted by Gasteiger charge is 2.17. The maximum Gasteiger partial charge on any atom is 0.228 e. The van der Waals surface area contributed by atoms with Crippen LogP contribution in [-0.2, 0) is 17.6 Å². The van der Waals surface area contributed by atoms with Crippen LogP contribution >= 0.6 is 0 Å². The second kappa shape index (κ2) is 6.35. The van der Waals surface area contributed by atoms with Crippen LogP contribution in [0.15, 0.2) is 18.2 Å². The molecule has 2 rings (SSSR count). The Morgan fingerprint density at radius 3 is 3.11 bits per heavy atom. The van der Waals surface area contributed by atoms with E-state index in [1.165, 1.54) is 5.56 Å². The molecule has 0 saturated carbocycles. The molecule has 4 heteroatoms. The SMILES string of the molecule is CCC(C#N)CNCCc1ccc2c(c1)CC(=O)N2. The fourth-order valence-corrected chi connectivity index (χ4v) is 2.23. The van der Waals surface area contributed by atoms with Gasteiger partial charge in [-0.3, -0.25) is 4.79 Å². The molecular formula is C15H19N3O. The first-order chi connectivity index (χ1) is 9.22. The van der Waals surface area contributed by atoms with Crippen molar-refractivity contribution in [3.63, 3.8) is 0 Å². The van der Waals surface area contributed by atoms with Crippen LogP contribution in [0.25, 0.3) is 0 Å². The van der Waals surface area contributed by atoms with E-state index >= 15 is 0 Å². The molecule has 1 aromatic carbocycles. The van der Waals surface area contributed by atoms with Gasteiger partial charge in [0, 0.05) is 12.2 Å². The van der Waals surface area contributed by atoms with Gasteiger partial charge in [-0.2, -0.15) is 5.26 Å². The zero-order valence-electron chi connectivity index (χ0n) is 11.2. The summed E-state index contributed by atoms with van der Waals surface area (Å²) < 4.78 is 0. The summed E-state index contributed by atoms with van der Waals surface area (Å²) in [4.78, 5) is 11.3. The summed E-state index contributed by atoms with van der Waals surface area (Å²) in [6.45, 7) is 3.64. The van der Waals surface area contributed by atoms with Crippen molar-refractivity contribution >= 4 is 11.6 Å². The molecule has 1 heterocycles. The monoisotopic (exact) mass is 257 g/mol. The lowest BCUT2D eigenvalue weighted by Crippen LogP contribution is -2.23. The van der Waals surface area contributed by atoms with Crippen molar-refractivity contribution in [1.82, 2.24) is 5.32 Å². The molecule has 2 N–H and O–H groups in total. The Kier molecular flexibility index (Phi) is 4.53. The molecule has 0 fully saturated rings. The molecule has 0 aliphatic carbocycles. The minimum Gasteiger partial charge on any atom is -0.326 e. The van der Waals surface area contributed by atoms with E-state index in [0.29, 0.717) is 6.42 Å². The van der Waals surface area contributed by atoms with E-state index in [1.807, 2.05) is 19.1 Å². The second-order valence-corrected chi connectivity index (χ2v) is 4.90. The molecule has 1 aliphatic rings. The maximum atomic E-state index is 11.3. The maximum absolute atomic E-state index is 11.3. The average Bonchev–Trinajstić information content (AvgIpc) is 2.78. The fraction of sp³-hybridized carbons (Fsp3) is 0.467. The van der Waals surface area contributed by atoms with Gasteiger partial charge in [-0.15, -0.1) is 0 Å². The van der Waals surface area contributed by atoms with Crippen LogP contribution in [0, 0.1) is 17.2 Å². The highest BCUT2D eigenvalue weighted by Crippen LogP contribution is 2.23. The molecule has 4 nitrogen and oxygen atoms in total. The molecule has 1 aliphatic heterocycles. The number of nitrogens with zero attached hydrogens (tertiary/aromatic N) is 1. The lowest BCUT2D eigenvalue weighted by Gasteiger charge is -2.08. The van der Waals surface area contributed by atoms with Crippen LogP contribution < -0.4 is 10.6 Å². The van der Waals surface area contributed by atoms with Crippen LogP contribution in [0.4, 0.5) is 5.69 Å². The normalized spacial score (nSPS) is 14.6. The number of nitrogens with one attached hydrogen (secondary N) is 2. The molecule has 0 bridgehead atoms. The molecule has 0 spiro atoms. The van der Waals surface area contributed by atoms with Crippen molar-refractivity contribution in [2.24, 2.45) is 5.92 Å². The minimum atomic E-state index is 0.0742. The Morgan fingerprint density at radius 1 is 1.53 bits per heavy atom. The molecule has 0 aromatic heterocycles. The standard InChI is InChI=1S/C15H19N3O/c1-2-11(9-16)10-17-6-5-12-3-4-14-13(7-12)8-15(19)18-14/h3-4,7,11,17H,2,5-6,8,10H2,1H3,(H,18,19). The smallest absolute Gasteiger partial charge is 0.228 e. The summed E-state index contributed by atoms with van der Waals surface area (Å²) in [5, 5.41) is 15.0. The molecule has 0 radical (unpaired) electrons. The Hall–Kier alpha value is -1.86. The van der Waals surface area contributed by atoms with Gasteiger partial charge in [0.15, 0.2) is 0 Å². The number of rotatable bonds is 6. The number of hydrogen-bond acceptors (Lipinski definition) is 3. The predicted octanol–water partition coefficient (Wildman–Crippen LogP) is 1.86. The number of carbonyl (C=O) groups is 1. The molecule has 1 atom stereocenters. The number of anilines is 1. The first kappa shape index (κ1) is 13.6. The fourth-order valence-electron chi connectivity index (χ4n) is 2.23. The van der Waals surface area contributed by atoms with Crippen molar-refractivity contribution in [3.8, 4) is 6.07 Å². The number of hydrogen-bond donors (Lipinski definition) is 2. The second-order valence-electron chi connectivity index (χ2n) is 4.90. The van der Waals surface area contributed by atoms with E-state index in [-0.39, 0.29) is 11.8 Å². The van der Waals surface area contributed by atoms with Gasteiger partial charge in [0.05, 0.1) is 18.4 Å². The number of nitriles is 1. The predicted molar refractivity (Wildman–Crippen MR) is 74.7 cm³/mol. The van der Waals surface area contributed by atoms with Crippen molar-refractivity contribution in [1.29, 1.82) is 5.26 Å². The number of amides is 1. The van der Waals surface area contributed by atoms with Crippen LogP contribution in [0.1, 0.15) is 24.5 Å². The molecule has 0 saturated heterocycles. The van der Waals surface area contributed by atoms with Crippen LogP contribution in [0.2, 0.25) is 0 Å². The quantitative estimate of drug-likeness (QED) is 0.765. The van der Waals surface area contributed by atoms with Crippen LogP contribution in [0.3, 0.4) is 0 Å². The van der Waals surface area contributed by atoms with Crippen molar-refractivity contribution in [2.45, 2.75) is 26.2 Å². The summed E-state index contributed by atoms with van der Waals surface area (Å²) in [7, 11) is 0. The Labute approximate surface area is 113 Å². The Morgan fingerprint density at radius 2 is 2.37 bits per heavy atom. The lowest BCUT2D eigenvalue weighted by atomic mass is 10.1. The average molecular weight is 257 g/mol. The lowest BCUT2D eigenvalue weighted by molar-refractivity contribution is -0.115. The van der Waals surface area contributed by atoms with E-state index in [9.17, 15) is 4.79 Å². The van der Waals surface area contributed by atoms with Crippen molar-refractivity contribution in [2.75, 3.05) is 18.4 Å². The van der Waals surface area contributed by atoms with Crippen LogP contribution in [0.5, 0.6) is 0 Å². The summed E-state index contributed by atoms with van der Waals surface area (Å²) in [6.07, 6.45) is 2.29. The van der Waals surface area contributed by atoms with Crippen molar-refractivity contribution in [3.05, 3.63) is 29.3 Å². The highest BCUT2D eigenvalue weighted by atomic mass is 16.1. The van der Waals surface area contributed by atoms with Gasteiger partial charge in [0.25, 0.3) is 0 Å². The topological polar surface area (TPSA) is 64.9 Å². The van der Waals surface area contributed by atoms with Gasteiger partial charge in [-0.1, -0.05) is 19.1 Å². The van der Waals surface area contributed by atoms with E-state index < -0.39 is 0 Å². The molecule has 1 unspecified atom stereocenters. The van der Waals surface area contributed by atoms with E-state index in [1.54, 1.807) is 0 Å². The molecule has 100 valence electrons. The molecule has 19 heavy (non-hydrogen) atoms. The third kappa shape index (κ3) is 3.55. The van der Waals surface area contributed by atoms with E-state index in [0.717, 1.165) is 37.2 Å². The van der Waals surface area contributed by atoms with E-state index in [4.69, 9.17) is 5.26 Å². The zero-order chi connectivity index (χ0) is 13.7. The van der Waals surface area contributed by atoms with Crippen LogP contribution in [-0.4, -0.2) is 19.0 Å². The van der Waals surface area contributed by atoms with Gasteiger partial charge >= 0.3 is 0 Å². The minimum absolute atomic E-state index is 0.0742. The highest BCUT2D eigenvalue weighted by molar-refractivity contribution is 5.99. The Balaban J connectivity index is 1.80. The first-order valence-electron chi connectivity index (χ1n) is 6.75. The third-order valence-corrected chi connectivity index (χ3v) is 3.45. The summed E-state index contributed by atoms with van der Waals surface area (Å²) in [6, 6.07) is 8.40. The molecule has 1 amide bonds.